The summed E-state index contributed by atoms with van der Waals surface area (Å²) in [6.45, 7) is 3.50. The third-order valence-corrected chi connectivity index (χ3v) is 6.30. The summed E-state index contributed by atoms with van der Waals surface area (Å²) in [5, 5.41) is 13.2. The number of carbonyl (C=O) groups excluding carboxylic acids is 1. The average Bonchev–Trinajstić information content (AvgIpc) is 2.71. The molecular weight excluding hydrogens is 461 g/mol. The summed E-state index contributed by atoms with van der Waals surface area (Å²) in [5.41, 5.74) is -0.268. The number of hydrogen-bond donors (Lipinski definition) is 3. The summed E-state index contributed by atoms with van der Waals surface area (Å²) in [7, 11) is -3.90. The van der Waals surface area contributed by atoms with Crippen LogP contribution in [0.2, 0.25) is 5.02 Å². The van der Waals surface area contributed by atoms with Crippen LogP contribution in [0.5, 0.6) is 5.75 Å². The highest BCUT2D eigenvalue weighted by Crippen LogP contribution is 2.27. The Balaban J connectivity index is 2.04. The van der Waals surface area contributed by atoms with Crippen molar-refractivity contribution in [3.63, 3.8) is 0 Å². The van der Waals surface area contributed by atoms with E-state index in [0.717, 1.165) is 30.0 Å². The minimum atomic E-state index is -3.90. The van der Waals surface area contributed by atoms with Crippen LogP contribution in [-0.2, 0) is 9.84 Å². The van der Waals surface area contributed by atoms with Crippen LogP contribution in [0.3, 0.4) is 0 Å². The third-order valence-electron chi connectivity index (χ3n) is 4.75. The zero-order valence-corrected chi connectivity index (χ0v) is 18.8. The number of aryl methyl sites for hydroxylation is 1. The van der Waals surface area contributed by atoms with Crippen LogP contribution in [0.25, 0.3) is 11.4 Å². The molecule has 1 atom stereocenters. The van der Waals surface area contributed by atoms with Crippen LogP contribution in [0.15, 0.2) is 46.1 Å². The van der Waals surface area contributed by atoms with E-state index in [-0.39, 0.29) is 11.4 Å². The van der Waals surface area contributed by atoms with Gasteiger partial charge in [-0.3, -0.25) is 9.59 Å². The SMILES string of the molecule is Cc1ccc(C(C)NC(=O)c2nc(-c3ccc(F)cc3S(C)(=O)=O)[nH]c(=O)c2O)cc1Cl. The van der Waals surface area contributed by atoms with Gasteiger partial charge in [-0.2, -0.15) is 0 Å². The molecule has 11 heteroatoms. The summed E-state index contributed by atoms with van der Waals surface area (Å²) in [4.78, 5) is 30.8. The summed E-state index contributed by atoms with van der Waals surface area (Å²) in [6, 6.07) is 7.54. The molecule has 1 amide bonds. The van der Waals surface area contributed by atoms with Crippen molar-refractivity contribution in [1.82, 2.24) is 15.3 Å². The van der Waals surface area contributed by atoms with Crippen molar-refractivity contribution in [2.45, 2.75) is 24.8 Å². The zero-order valence-electron chi connectivity index (χ0n) is 17.2. The standard InChI is InChI=1S/C21H19ClFN3O5S/c1-10-4-5-12(8-15(10)22)11(2)24-20(28)17-18(27)21(29)26-19(25-17)14-7-6-13(23)9-16(14)32(3,30)31/h4-9,11,27H,1-3H3,(H,24,28)(H,25,26,29). The summed E-state index contributed by atoms with van der Waals surface area (Å²) >= 11 is 6.12. The number of hydrogen-bond acceptors (Lipinski definition) is 6. The quantitative estimate of drug-likeness (QED) is 0.515. The van der Waals surface area contributed by atoms with Crippen LogP contribution < -0.4 is 10.9 Å². The minimum Gasteiger partial charge on any atom is -0.501 e. The number of H-pyrrole nitrogens is 1. The first-order chi connectivity index (χ1) is 14.9. The predicted octanol–water partition coefficient (Wildman–Crippen LogP) is 3.14. The minimum absolute atomic E-state index is 0.126. The Morgan fingerprint density at radius 2 is 1.94 bits per heavy atom. The zero-order chi connectivity index (χ0) is 23.8. The molecule has 0 aliphatic carbocycles. The molecule has 0 radical (unpaired) electrons. The van der Waals surface area contributed by atoms with Crippen LogP contribution in [-0.4, -0.2) is 35.7 Å². The fourth-order valence-electron chi connectivity index (χ4n) is 2.98. The Labute approximate surface area is 188 Å². The monoisotopic (exact) mass is 479 g/mol. The van der Waals surface area contributed by atoms with E-state index in [9.17, 15) is 27.5 Å². The van der Waals surface area contributed by atoms with E-state index in [4.69, 9.17) is 11.6 Å². The summed E-state index contributed by atoms with van der Waals surface area (Å²) in [5.74, 6) is -2.94. The molecule has 1 heterocycles. The number of rotatable bonds is 5. The molecule has 168 valence electrons. The smallest absolute Gasteiger partial charge is 0.294 e. The van der Waals surface area contributed by atoms with Gasteiger partial charge in [0.25, 0.3) is 11.5 Å². The molecule has 1 aromatic heterocycles. The molecule has 0 spiro atoms. The van der Waals surface area contributed by atoms with Gasteiger partial charge >= 0.3 is 0 Å². The van der Waals surface area contributed by atoms with Crippen molar-refractivity contribution in [3.8, 4) is 17.1 Å². The van der Waals surface area contributed by atoms with Gasteiger partial charge in [0.05, 0.1) is 10.9 Å². The molecule has 0 saturated carbocycles. The molecule has 0 bridgehead atoms. The van der Waals surface area contributed by atoms with E-state index < -0.39 is 49.5 Å². The maximum atomic E-state index is 13.6. The second-order valence-electron chi connectivity index (χ2n) is 7.23. The number of aromatic hydroxyl groups is 1. The number of aromatic amines is 1. The van der Waals surface area contributed by atoms with E-state index >= 15 is 0 Å². The number of sulfone groups is 1. The van der Waals surface area contributed by atoms with Gasteiger partial charge in [-0.05, 0) is 49.2 Å². The Kier molecular flexibility index (Phi) is 6.38. The van der Waals surface area contributed by atoms with Gasteiger partial charge in [0, 0.05) is 16.8 Å². The van der Waals surface area contributed by atoms with E-state index in [2.05, 4.69) is 15.3 Å². The van der Waals surface area contributed by atoms with E-state index in [1.165, 1.54) is 0 Å². The Bertz CT molecular complexity index is 1390. The van der Waals surface area contributed by atoms with Gasteiger partial charge in [0.1, 0.15) is 11.6 Å². The van der Waals surface area contributed by atoms with Crippen LogP contribution in [0, 0.1) is 12.7 Å². The Morgan fingerprint density at radius 1 is 1.25 bits per heavy atom. The number of benzene rings is 2. The van der Waals surface area contributed by atoms with Gasteiger partial charge in [0.15, 0.2) is 15.5 Å². The lowest BCUT2D eigenvalue weighted by molar-refractivity contribution is 0.0931. The van der Waals surface area contributed by atoms with Crippen molar-refractivity contribution in [1.29, 1.82) is 0 Å². The molecule has 3 aromatic rings. The number of carbonyl (C=O) groups is 1. The number of aromatic nitrogens is 2. The van der Waals surface area contributed by atoms with Gasteiger partial charge in [0.2, 0.25) is 5.75 Å². The highest BCUT2D eigenvalue weighted by atomic mass is 35.5. The lowest BCUT2D eigenvalue weighted by Crippen LogP contribution is -2.29. The molecule has 0 fully saturated rings. The van der Waals surface area contributed by atoms with Crippen molar-refractivity contribution < 1.29 is 22.7 Å². The first-order valence-corrected chi connectivity index (χ1v) is 11.6. The molecule has 0 saturated heterocycles. The fraction of sp³-hybridized carbons (Fsp3) is 0.190. The van der Waals surface area contributed by atoms with E-state index in [1.54, 1.807) is 25.1 Å². The second-order valence-corrected chi connectivity index (χ2v) is 9.62. The highest BCUT2D eigenvalue weighted by molar-refractivity contribution is 7.90. The number of nitrogens with zero attached hydrogens (tertiary/aromatic N) is 1. The largest absolute Gasteiger partial charge is 0.501 e. The first-order valence-electron chi connectivity index (χ1n) is 9.28. The maximum Gasteiger partial charge on any atom is 0.294 e. The Hall–Kier alpha value is -3.24. The van der Waals surface area contributed by atoms with Crippen molar-refractivity contribution in [2.75, 3.05) is 6.26 Å². The van der Waals surface area contributed by atoms with Gasteiger partial charge in [-0.25, -0.2) is 17.8 Å². The maximum absolute atomic E-state index is 13.6. The van der Waals surface area contributed by atoms with Crippen molar-refractivity contribution >= 4 is 27.3 Å². The fourth-order valence-corrected chi connectivity index (χ4v) is 4.06. The van der Waals surface area contributed by atoms with Gasteiger partial charge in [-0.15, -0.1) is 0 Å². The van der Waals surface area contributed by atoms with Gasteiger partial charge < -0.3 is 15.4 Å². The van der Waals surface area contributed by atoms with Gasteiger partial charge in [-0.1, -0.05) is 23.7 Å². The lowest BCUT2D eigenvalue weighted by atomic mass is 10.1. The molecular formula is C21H19ClFN3O5S. The van der Waals surface area contributed by atoms with Crippen LogP contribution >= 0.6 is 11.6 Å². The van der Waals surface area contributed by atoms with Crippen molar-refractivity contribution in [2.24, 2.45) is 0 Å². The van der Waals surface area contributed by atoms with Crippen LogP contribution in [0.1, 0.15) is 34.6 Å². The lowest BCUT2D eigenvalue weighted by Gasteiger charge is -2.16. The third kappa shape index (κ3) is 4.81. The molecule has 1 unspecified atom stereocenters. The number of amides is 1. The Morgan fingerprint density at radius 3 is 2.56 bits per heavy atom. The molecule has 32 heavy (non-hydrogen) atoms. The van der Waals surface area contributed by atoms with E-state index in [0.29, 0.717) is 10.6 Å². The number of halogens is 2. The summed E-state index contributed by atoms with van der Waals surface area (Å²) < 4.78 is 37.8. The molecule has 0 aliphatic heterocycles. The normalized spacial score (nSPS) is 12.4. The highest BCUT2D eigenvalue weighted by Gasteiger charge is 2.23. The average molecular weight is 480 g/mol. The topological polar surface area (TPSA) is 129 Å². The first kappa shape index (κ1) is 23.4. The molecule has 2 aromatic carbocycles. The molecule has 8 nitrogen and oxygen atoms in total. The molecule has 3 rings (SSSR count). The molecule has 3 N–H and O–H groups in total. The van der Waals surface area contributed by atoms with E-state index in [1.807, 2.05) is 6.92 Å². The van der Waals surface area contributed by atoms with Crippen LogP contribution in [0.4, 0.5) is 4.39 Å². The number of nitrogens with one attached hydrogen (secondary N) is 2. The van der Waals surface area contributed by atoms with Crippen molar-refractivity contribution in [3.05, 3.63) is 74.4 Å². The molecule has 0 aliphatic rings. The predicted molar refractivity (Wildman–Crippen MR) is 117 cm³/mol. The summed E-state index contributed by atoms with van der Waals surface area (Å²) in [6.07, 6.45) is 0.867. The second kappa shape index (κ2) is 8.71.